The SMILES string of the molecule is CC(O)C(C)N(C)CCN. The molecule has 0 bridgehead atoms. The maximum Gasteiger partial charge on any atom is 0.0664 e. The van der Waals surface area contributed by atoms with Crippen molar-refractivity contribution >= 4 is 0 Å². The lowest BCUT2D eigenvalue weighted by Crippen LogP contribution is -2.40. The highest BCUT2D eigenvalue weighted by Gasteiger charge is 2.12. The highest BCUT2D eigenvalue weighted by Crippen LogP contribution is 1.99. The Bertz CT molecular complexity index is 85.7. The third-order valence-corrected chi connectivity index (χ3v) is 1.88. The highest BCUT2D eigenvalue weighted by molar-refractivity contribution is 4.68. The molecule has 0 spiro atoms. The summed E-state index contributed by atoms with van der Waals surface area (Å²) in [7, 11) is 1.96. The molecule has 2 unspecified atom stereocenters. The van der Waals surface area contributed by atoms with Crippen molar-refractivity contribution in [2.45, 2.75) is 26.0 Å². The summed E-state index contributed by atoms with van der Waals surface area (Å²) in [6.07, 6.45) is -0.281. The van der Waals surface area contributed by atoms with Crippen LogP contribution in [0.15, 0.2) is 0 Å². The van der Waals surface area contributed by atoms with Gasteiger partial charge in [0.15, 0.2) is 0 Å². The summed E-state index contributed by atoms with van der Waals surface area (Å²) in [6.45, 7) is 5.26. The lowest BCUT2D eigenvalue weighted by atomic mass is 10.2. The molecule has 0 saturated carbocycles. The molecule has 0 amide bonds. The molecule has 2 atom stereocenters. The van der Waals surface area contributed by atoms with Crippen LogP contribution < -0.4 is 5.73 Å². The Kier molecular flexibility index (Phi) is 4.60. The lowest BCUT2D eigenvalue weighted by molar-refractivity contribution is 0.0885. The number of aliphatic hydroxyl groups excluding tert-OH is 1. The van der Waals surface area contributed by atoms with E-state index in [1.165, 1.54) is 0 Å². The van der Waals surface area contributed by atoms with Crippen molar-refractivity contribution in [3.63, 3.8) is 0 Å². The van der Waals surface area contributed by atoms with Gasteiger partial charge in [-0.15, -0.1) is 0 Å². The van der Waals surface area contributed by atoms with Gasteiger partial charge in [-0.05, 0) is 20.9 Å². The van der Waals surface area contributed by atoms with Gasteiger partial charge in [-0.3, -0.25) is 4.90 Å². The van der Waals surface area contributed by atoms with E-state index in [4.69, 9.17) is 10.8 Å². The normalized spacial score (nSPS) is 17.4. The summed E-state index contributed by atoms with van der Waals surface area (Å²) >= 11 is 0. The third kappa shape index (κ3) is 3.15. The van der Waals surface area contributed by atoms with Gasteiger partial charge in [0.25, 0.3) is 0 Å². The Morgan fingerprint density at radius 3 is 2.30 bits per heavy atom. The minimum Gasteiger partial charge on any atom is -0.392 e. The number of hydrogen-bond acceptors (Lipinski definition) is 3. The van der Waals surface area contributed by atoms with Gasteiger partial charge in [-0.25, -0.2) is 0 Å². The van der Waals surface area contributed by atoms with Crippen molar-refractivity contribution in [1.82, 2.24) is 4.90 Å². The Labute approximate surface area is 62.8 Å². The van der Waals surface area contributed by atoms with Gasteiger partial charge in [0.1, 0.15) is 0 Å². The first-order valence-electron chi connectivity index (χ1n) is 3.68. The molecule has 3 heteroatoms. The molecule has 0 aliphatic rings. The molecule has 0 aromatic rings. The summed E-state index contributed by atoms with van der Waals surface area (Å²) in [5, 5.41) is 9.14. The van der Waals surface area contributed by atoms with Crippen LogP contribution in [-0.4, -0.2) is 42.3 Å². The number of likely N-dealkylation sites (N-methyl/N-ethyl adjacent to an activating group) is 1. The molecule has 0 fully saturated rings. The minimum atomic E-state index is -0.281. The molecule has 0 saturated heterocycles. The van der Waals surface area contributed by atoms with Crippen LogP contribution in [0.2, 0.25) is 0 Å². The summed E-state index contributed by atoms with van der Waals surface area (Å²) in [4.78, 5) is 2.05. The van der Waals surface area contributed by atoms with Gasteiger partial charge in [0.05, 0.1) is 6.10 Å². The van der Waals surface area contributed by atoms with Gasteiger partial charge in [0.2, 0.25) is 0 Å². The van der Waals surface area contributed by atoms with E-state index >= 15 is 0 Å². The van der Waals surface area contributed by atoms with E-state index < -0.39 is 0 Å². The fourth-order valence-electron chi connectivity index (χ4n) is 0.776. The number of nitrogens with zero attached hydrogens (tertiary/aromatic N) is 1. The second kappa shape index (κ2) is 4.66. The monoisotopic (exact) mass is 146 g/mol. The first-order valence-corrected chi connectivity index (χ1v) is 3.68. The number of hydrogen-bond donors (Lipinski definition) is 2. The van der Waals surface area contributed by atoms with Crippen LogP contribution in [0.3, 0.4) is 0 Å². The van der Waals surface area contributed by atoms with Crippen LogP contribution in [0.1, 0.15) is 13.8 Å². The minimum absolute atomic E-state index is 0.198. The molecular formula is C7H18N2O. The van der Waals surface area contributed by atoms with Crippen molar-refractivity contribution in [2.75, 3.05) is 20.1 Å². The van der Waals surface area contributed by atoms with E-state index in [2.05, 4.69) is 0 Å². The maximum atomic E-state index is 9.14. The second-order valence-electron chi connectivity index (χ2n) is 2.75. The Balaban J connectivity index is 3.58. The number of rotatable bonds is 4. The lowest BCUT2D eigenvalue weighted by Gasteiger charge is -2.26. The fraction of sp³-hybridized carbons (Fsp3) is 1.00. The van der Waals surface area contributed by atoms with Crippen molar-refractivity contribution in [2.24, 2.45) is 5.73 Å². The van der Waals surface area contributed by atoms with Crippen molar-refractivity contribution in [3.8, 4) is 0 Å². The highest BCUT2D eigenvalue weighted by atomic mass is 16.3. The zero-order valence-electron chi connectivity index (χ0n) is 7.04. The standard InChI is InChI=1S/C7H18N2O/c1-6(7(2)10)9(3)5-4-8/h6-7,10H,4-5,8H2,1-3H3. The van der Waals surface area contributed by atoms with Crippen LogP contribution in [0.4, 0.5) is 0 Å². The van der Waals surface area contributed by atoms with Crippen LogP contribution in [-0.2, 0) is 0 Å². The molecule has 0 aromatic heterocycles. The molecule has 0 heterocycles. The largest absolute Gasteiger partial charge is 0.392 e. The van der Waals surface area contributed by atoms with Crippen molar-refractivity contribution in [3.05, 3.63) is 0 Å². The van der Waals surface area contributed by atoms with Gasteiger partial charge in [-0.1, -0.05) is 0 Å². The molecule has 3 N–H and O–H groups in total. The zero-order valence-corrected chi connectivity index (χ0v) is 7.04. The van der Waals surface area contributed by atoms with Crippen molar-refractivity contribution in [1.29, 1.82) is 0 Å². The van der Waals surface area contributed by atoms with Crippen LogP contribution in [0.25, 0.3) is 0 Å². The first-order chi connectivity index (χ1) is 4.59. The molecule has 0 rings (SSSR count). The van der Waals surface area contributed by atoms with Gasteiger partial charge < -0.3 is 10.8 Å². The topological polar surface area (TPSA) is 49.5 Å². The third-order valence-electron chi connectivity index (χ3n) is 1.88. The zero-order chi connectivity index (χ0) is 8.15. The Morgan fingerprint density at radius 2 is 2.00 bits per heavy atom. The van der Waals surface area contributed by atoms with Gasteiger partial charge in [-0.2, -0.15) is 0 Å². The summed E-state index contributed by atoms with van der Waals surface area (Å²) in [6, 6.07) is 0.198. The van der Waals surface area contributed by atoms with Crippen LogP contribution >= 0.6 is 0 Å². The molecule has 3 nitrogen and oxygen atoms in total. The summed E-state index contributed by atoms with van der Waals surface area (Å²) in [5.74, 6) is 0. The Morgan fingerprint density at radius 1 is 1.50 bits per heavy atom. The van der Waals surface area contributed by atoms with Gasteiger partial charge in [0, 0.05) is 19.1 Å². The predicted octanol–water partition coefficient (Wildman–Crippen LogP) is -0.354. The predicted molar refractivity (Wildman–Crippen MR) is 42.8 cm³/mol. The molecule has 0 radical (unpaired) electrons. The molecule has 62 valence electrons. The molecule has 0 aliphatic heterocycles. The summed E-state index contributed by atoms with van der Waals surface area (Å²) in [5.41, 5.74) is 5.34. The number of aliphatic hydroxyl groups is 1. The van der Waals surface area contributed by atoms with Crippen molar-refractivity contribution < 1.29 is 5.11 Å². The smallest absolute Gasteiger partial charge is 0.0664 e. The summed E-state index contributed by atoms with van der Waals surface area (Å²) < 4.78 is 0. The molecule has 0 aliphatic carbocycles. The Hall–Kier alpha value is -0.120. The molecular weight excluding hydrogens is 128 g/mol. The van der Waals surface area contributed by atoms with E-state index in [0.29, 0.717) is 6.54 Å². The maximum absolute atomic E-state index is 9.14. The quantitative estimate of drug-likeness (QED) is 0.570. The average molecular weight is 146 g/mol. The van der Waals surface area contributed by atoms with E-state index in [0.717, 1.165) is 6.54 Å². The van der Waals surface area contributed by atoms with E-state index in [9.17, 15) is 0 Å². The van der Waals surface area contributed by atoms with E-state index in [-0.39, 0.29) is 12.1 Å². The average Bonchev–Trinajstić information content (AvgIpc) is 1.87. The van der Waals surface area contributed by atoms with Crippen LogP contribution in [0, 0.1) is 0 Å². The molecule has 0 aromatic carbocycles. The fourth-order valence-corrected chi connectivity index (χ4v) is 0.776. The van der Waals surface area contributed by atoms with Gasteiger partial charge >= 0.3 is 0 Å². The first kappa shape index (κ1) is 9.88. The van der Waals surface area contributed by atoms with Crippen LogP contribution in [0.5, 0.6) is 0 Å². The van der Waals surface area contributed by atoms with E-state index in [1.807, 2.05) is 18.9 Å². The van der Waals surface area contributed by atoms with E-state index in [1.54, 1.807) is 6.92 Å². The molecule has 10 heavy (non-hydrogen) atoms. The second-order valence-corrected chi connectivity index (χ2v) is 2.75. The number of nitrogens with two attached hydrogens (primary N) is 1.